The van der Waals surface area contributed by atoms with Crippen LogP contribution in [0.1, 0.15) is 58.5 Å². The first kappa shape index (κ1) is 33.2. The molecule has 0 bridgehead atoms. The van der Waals surface area contributed by atoms with E-state index in [1.54, 1.807) is 38.2 Å². The highest BCUT2D eigenvalue weighted by Gasteiger charge is 2.45. The number of alkyl halides is 3. The summed E-state index contributed by atoms with van der Waals surface area (Å²) in [5.74, 6) is 3.43. The summed E-state index contributed by atoms with van der Waals surface area (Å²) in [6.07, 6.45) is 1.02. The number of anilines is 2. The number of piperidine rings is 1. The van der Waals surface area contributed by atoms with E-state index in [4.69, 9.17) is 0 Å². The molecule has 7 rings (SSSR count). The smallest absolute Gasteiger partial charge is 0.369 e. The predicted octanol–water partition coefficient (Wildman–Crippen LogP) is 2.75. The van der Waals surface area contributed by atoms with E-state index < -0.39 is 52.9 Å². The molecule has 17 heteroatoms. The second kappa shape index (κ2) is 12.2. The van der Waals surface area contributed by atoms with Crippen LogP contribution in [0, 0.1) is 17.8 Å². The highest BCUT2D eigenvalue weighted by molar-refractivity contribution is 6.23. The average Bonchev–Trinajstić information content (AvgIpc) is 3.82. The Bertz CT molecular complexity index is 2180. The molecule has 5 amide bonds. The number of nitrogens with zero attached hydrogens (tertiary/aromatic N) is 7. The van der Waals surface area contributed by atoms with E-state index in [-0.39, 0.29) is 41.3 Å². The van der Waals surface area contributed by atoms with E-state index in [2.05, 4.69) is 37.7 Å². The number of rotatable bonds is 6. The standard InChI is InChI=1S/C34H28F3N9O5/c1-33(2,32(51)41-25-8-5-21(34(35,36)37)11-27(25)44-18-38-17-40-44)45-16-19(13-39-45)3-4-20-14-43(15-20)22-6-7-23-24(12-22)31(50)46(30(23)49)26-9-10-28(47)42-29(26)48/h5-8,11-13,16-18,20,26H,9-10,14-15H2,1-2H3,(H,41,51)(H,42,47,48). The van der Waals surface area contributed by atoms with E-state index in [0.29, 0.717) is 18.7 Å². The minimum Gasteiger partial charge on any atom is -0.369 e. The van der Waals surface area contributed by atoms with E-state index in [1.165, 1.54) is 23.5 Å². The summed E-state index contributed by atoms with van der Waals surface area (Å²) in [6, 6.07) is 6.79. The number of fused-ring (bicyclic) bond motifs is 1. The number of aromatic nitrogens is 5. The Morgan fingerprint density at radius 3 is 2.47 bits per heavy atom. The zero-order valence-electron chi connectivity index (χ0n) is 27.1. The summed E-state index contributed by atoms with van der Waals surface area (Å²) in [5, 5.41) is 13.1. The number of nitrogens with one attached hydrogen (secondary N) is 2. The van der Waals surface area contributed by atoms with Gasteiger partial charge in [-0.1, -0.05) is 11.8 Å². The lowest BCUT2D eigenvalue weighted by atomic mass is 9.98. The van der Waals surface area contributed by atoms with E-state index in [0.717, 1.165) is 33.5 Å². The molecule has 1 atom stereocenters. The van der Waals surface area contributed by atoms with Gasteiger partial charge in [-0.15, -0.1) is 0 Å². The van der Waals surface area contributed by atoms with Gasteiger partial charge in [-0.2, -0.15) is 23.4 Å². The molecule has 2 aromatic heterocycles. The maximum absolute atomic E-state index is 13.4. The molecular weight excluding hydrogens is 671 g/mol. The molecule has 14 nitrogen and oxygen atoms in total. The summed E-state index contributed by atoms with van der Waals surface area (Å²) in [4.78, 5) is 70.2. The molecule has 0 aliphatic carbocycles. The second-order valence-electron chi connectivity index (χ2n) is 12.8. The van der Waals surface area contributed by atoms with Gasteiger partial charge in [-0.25, -0.2) is 9.67 Å². The number of benzene rings is 2. The number of halogens is 3. The van der Waals surface area contributed by atoms with Crippen LogP contribution in [0.3, 0.4) is 0 Å². The molecular formula is C34H28F3N9O5. The van der Waals surface area contributed by atoms with Crippen LogP contribution < -0.4 is 15.5 Å². The van der Waals surface area contributed by atoms with Crippen molar-refractivity contribution < 1.29 is 37.1 Å². The highest BCUT2D eigenvalue weighted by atomic mass is 19.4. The van der Waals surface area contributed by atoms with Crippen molar-refractivity contribution in [2.24, 2.45) is 5.92 Å². The Morgan fingerprint density at radius 1 is 1.00 bits per heavy atom. The summed E-state index contributed by atoms with van der Waals surface area (Å²) in [7, 11) is 0. The van der Waals surface area contributed by atoms with Crippen LogP contribution in [0.4, 0.5) is 24.5 Å². The van der Waals surface area contributed by atoms with Crippen LogP contribution in [0.2, 0.25) is 0 Å². The van der Waals surface area contributed by atoms with Gasteiger partial charge in [-0.3, -0.25) is 38.9 Å². The normalized spacial score (nSPS) is 17.9. The monoisotopic (exact) mass is 699 g/mol. The maximum atomic E-state index is 13.4. The van der Waals surface area contributed by atoms with Crippen molar-refractivity contribution in [3.05, 3.63) is 83.7 Å². The van der Waals surface area contributed by atoms with Gasteiger partial charge in [0.05, 0.1) is 45.7 Å². The molecule has 5 heterocycles. The zero-order valence-corrected chi connectivity index (χ0v) is 27.1. The molecule has 0 saturated carbocycles. The molecule has 4 aromatic rings. The van der Waals surface area contributed by atoms with Crippen molar-refractivity contribution in [2.75, 3.05) is 23.3 Å². The van der Waals surface area contributed by atoms with E-state index in [9.17, 15) is 37.1 Å². The van der Waals surface area contributed by atoms with E-state index >= 15 is 0 Å². The first-order chi connectivity index (χ1) is 24.2. The molecule has 3 aliphatic heterocycles. The second-order valence-corrected chi connectivity index (χ2v) is 12.8. The summed E-state index contributed by atoms with van der Waals surface area (Å²) in [5.41, 5.74) is -0.428. The zero-order chi connectivity index (χ0) is 36.2. The van der Waals surface area contributed by atoms with Crippen LogP contribution in [0.15, 0.2) is 61.4 Å². The molecule has 2 aromatic carbocycles. The van der Waals surface area contributed by atoms with Gasteiger partial charge in [-0.05, 0) is 56.7 Å². The van der Waals surface area contributed by atoms with Gasteiger partial charge in [0.25, 0.3) is 17.7 Å². The number of amides is 5. The third kappa shape index (κ3) is 6.09. The molecule has 260 valence electrons. The summed E-state index contributed by atoms with van der Waals surface area (Å²) >= 11 is 0. The van der Waals surface area contributed by atoms with Crippen LogP contribution in [0.5, 0.6) is 0 Å². The van der Waals surface area contributed by atoms with Crippen molar-refractivity contribution in [1.82, 2.24) is 34.8 Å². The first-order valence-corrected chi connectivity index (χ1v) is 15.8. The van der Waals surface area contributed by atoms with Crippen LogP contribution in [-0.4, -0.2) is 78.1 Å². The van der Waals surface area contributed by atoms with Crippen LogP contribution >= 0.6 is 0 Å². The van der Waals surface area contributed by atoms with E-state index in [1.807, 2.05) is 4.90 Å². The SMILES string of the molecule is CC(C)(C(=O)Nc1ccc(C(F)(F)F)cc1-n1cncn1)n1cc(C#CC2CN(c3ccc4c(c3)C(=O)N(C3CCC(=O)NC3=O)C4=O)C2)cn1. The maximum Gasteiger partial charge on any atom is 0.416 e. The molecule has 2 saturated heterocycles. The fraction of sp³-hybridized carbons (Fsp3) is 0.294. The predicted molar refractivity (Wildman–Crippen MR) is 172 cm³/mol. The van der Waals surface area contributed by atoms with Crippen LogP contribution in [-0.2, 0) is 26.1 Å². The highest BCUT2D eigenvalue weighted by Crippen LogP contribution is 2.35. The molecule has 0 radical (unpaired) electrons. The van der Waals surface area contributed by atoms with Gasteiger partial charge in [0, 0.05) is 31.4 Å². The number of hydrogen-bond acceptors (Lipinski definition) is 9. The third-order valence-corrected chi connectivity index (χ3v) is 9.04. The Kier molecular flexibility index (Phi) is 7.96. The third-order valence-electron chi connectivity index (χ3n) is 9.04. The van der Waals surface area contributed by atoms with Gasteiger partial charge >= 0.3 is 6.18 Å². The number of hydrogen-bond donors (Lipinski definition) is 2. The molecule has 1 unspecified atom stereocenters. The minimum absolute atomic E-state index is 0.0118. The van der Waals surface area contributed by atoms with Gasteiger partial charge in [0.2, 0.25) is 11.8 Å². The van der Waals surface area contributed by atoms with Crippen LogP contribution in [0.25, 0.3) is 5.69 Å². The number of carbonyl (C=O) groups is 5. The fourth-order valence-corrected chi connectivity index (χ4v) is 6.03. The van der Waals surface area contributed by atoms with Gasteiger partial charge < -0.3 is 10.2 Å². The van der Waals surface area contributed by atoms with Crippen molar-refractivity contribution in [3.63, 3.8) is 0 Å². The molecule has 51 heavy (non-hydrogen) atoms. The van der Waals surface area contributed by atoms with Crippen molar-refractivity contribution in [1.29, 1.82) is 0 Å². The van der Waals surface area contributed by atoms with Gasteiger partial charge in [0.15, 0.2) is 0 Å². The first-order valence-electron chi connectivity index (χ1n) is 15.8. The lowest BCUT2D eigenvalue weighted by Gasteiger charge is -2.38. The quantitative estimate of drug-likeness (QED) is 0.228. The number of imide groups is 2. The Balaban J connectivity index is 0.991. The Morgan fingerprint density at radius 2 is 1.76 bits per heavy atom. The summed E-state index contributed by atoms with van der Waals surface area (Å²) in [6.45, 7) is 4.31. The Labute approximate surface area is 287 Å². The summed E-state index contributed by atoms with van der Waals surface area (Å²) < 4.78 is 42.8. The molecule has 0 spiro atoms. The lowest BCUT2D eigenvalue weighted by Crippen LogP contribution is -2.54. The van der Waals surface area contributed by atoms with Crippen molar-refractivity contribution in [3.8, 4) is 17.5 Å². The van der Waals surface area contributed by atoms with Gasteiger partial charge in [0.1, 0.15) is 24.2 Å². The molecule has 2 N–H and O–H groups in total. The largest absolute Gasteiger partial charge is 0.416 e. The fourth-order valence-electron chi connectivity index (χ4n) is 6.03. The molecule has 2 fully saturated rings. The Hall–Kier alpha value is -6.31. The number of carbonyl (C=O) groups excluding carboxylic acids is 5. The van der Waals surface area contributed by atoms with Crippen molar-refractivity contribution >= 4 is 40.9 Å². The van der Waals surface area contributed by atoms with Crippen molar-refractivity contribution in [2.45, 2.75) is 44.4 Å². The lowest BCUT2D eigenvalue weighted by molar-refractivity contribution is -0.138. The minimum atomic E-state index is -4.60. The molecule has 3 aliphatic rings. The topological polar surface area (TPSA) is 164 Å². The average molecular weight is 700 g/mol.